The molecular formula is C15H19N5O. The molecule has 3 rings (SSSR count). The van der Waals surface area contributed by atoms with Crippen molar-refractivity contribution in [2.45, 2.75) is 13.0 Å². The highest BCUT2D eigenvalue weighted by molar-refractivity contribution is 5.75. The number of nitrogens with one attached hydrogen (secondary N) is 1. The molecule has 6 heteroatoms. The summed E-state index contributed by atoms with van der Waals surface area (Å²) in [6.07, 6.45) is 4.60. The van der Waals surface area contributed by atoms with Crippen molar-refractivity contribution in [3.63, 3.8) is 0 Å². The molecule has 2 heterocycles. The summed E-state index contributed by atoms with van der Waals surface area (Å²) in [6.45, 7) is -5.22. The molecule has 2 aromatic rings. The summed E-state index contributed by atoms with van der Waals surface area (Å²) in [7, 11) is 0. The van der Waals surface area contributed by atoms with Gasteiger partial charge in [0.25, 0.3) is 0 Å². The van der Waals surface area contributed by atoms with Crippen molar-refractivity contribution in [3.05, 3.63) is 53.4 Å². The molecule has 21 heavy (non-hydrogen) atoms. The molecule has 0 spiro atoms. The van der Waals surface area contributed by atoms with Crippen molar-refractivity contribution in [2.24, 2.45) is 0 Å². The van der Waals surface area contributed by atoms with Crippen molar-refractivity contribution in [1.29, 1.82) is 0 Å². The largest absolute Gasteiger partial charge is 0.624 e. The Kier molecular flexibility index (Phi) is 2.32. The Bertz CT molecular complexity index is 816. The molecule has 0 radical (unpaired) electrons. The third kappa shape index (κ3) is 3.02. The van der Waals surface area contributed by atoms with E-state index in [0.717, 1.165) is 5.56 Å². The van der Waals surface area contributed by atoms with Gasteiger partial charge in [0.05, 0.1) is 6.54 Å². The Morgan fingerprint density at radius 2 is 2.33 bits per heavy atom. The molecule has 1 unspecified atom stereocenters. The van der Waals surface area contributed by atoms with E-state index in [4.69, 9.17) is 8.22 Å². The highest BCUT2D eigenvalue weighted by Gasteiger charge is 2.21. The van der Waals surface area contributed by atoms with Gasteiger partial charge in [-0.2, -0.15) is 5.10 Å². The van der Waals surface area contributed by atoms with E-state index in [0.29, 0.717) is 28.3 Å². The number of quaternary nitrogens is 1. The second-order valence-corrected chi connectivity index (χ2v) is 4.91. The Balaban J connectivity index is 1.79. The molecule has 1 aromatic carbocycles. The maximum atomic E-state index is 12.2. The van der Waals surface area contributed by atoms with Crippen LogP contribution in [0.2, 0.25) is 0 Å². The van der Waals surface area contributed by atoms with Crippen LogP contribution in [-0.2, 0) is 6.54 Å². The van der Waals surface area contributed by atoms with Gasteiger partial charge >= 0.3 is 0 Å². The lowest BCUT2D eigenvalue weighted by molar-refractivity contribution is -0.710. The number of hydroxylamine groups is 1. The average Bonchev–Trinajstić information content (AvgIpc) is 3.14. The van der Waals surface area contributed by atoms with Crippen molar-refractivity contribution in [2.75, 3.05) is 20.5 Å². The lowest BCUT2D eigenvalue weighted by Crippen LogP contribution is -2.95. The predicted octanol–water partition coefficient (Wildman–Crippen LogP) is 0.647. The molecule has 0 amide bonds. The summed E-state index contributed by atoms with van der Waals surface area (Å²) in [5.41, 5.74) is 2.77. The predicted molar refractivity (Wildman–Crippen MR) is 80.7 cm³/mol. The van der Waals surface area contributed by atoms with Crippen LogP contribution in [0, 0.1) is 5.21 Å². The Hall–Kier alpha value is -2.02. The summed E-state index contributed by atoms with van der Waals surface area (Å²) in [5, 5.41) is 16.1. The van der Waals surface area contributed by atoms with E-state index in [-0.39, 0.29) is 18.0 Å². The van der Waals surface area contributed by atoms with Crippen LogP contribution in [-0.4, -0.2) is 40.2 Å². The maximum Gasteiger partial charge on any atom is 0.143 e. The van der Waals surface area contributed by atoms with Crippen molar-refractivity contribution >= 4 is 11.3 Å². The van der Waals surface area contributed by atoms with E-state index in [9.17, 15) is 5.21 Å². The van der Waals surface area contributed by atoms with E-state index in [1.807, 2.05) is 12.1 Å². The number of benzene rings is 1. The van der Waals surface area contributed by atoms with Gasteiger partial charge in [0.1, 0.15) is 24.5 Å². The van der Waals surface area contributed by atoms with Gasteiger partial charge in [0, 0.05) is 32.0 Å². The van der Waals surface area contributed by atoms with Gasteiger partial charge in [0.2, 0.25) is 0 Å². The zero-order valence-corrected chi connectivity index (χ0v) is 11.3. The molecule has 0 bridgehead atoms. The van der Waals surface area contributed by atoms with Crippen LogP contribution in [0.3, 0.4) is 0 Å². The second kappa shape index (κ2) is 5.77. The number of aromatic nitrogens is 3. The molecule has 0 saturated carbocycles. The number of fused-ring (bicyclic) bond motifs is 1. The molecule has 1 aromatic heterocycles. The molecule has 110 valence electrons. The van der Waals surface area contributed by atoms with Crippen LogP contribution in [0.4, 0.5) is 5.69 Å². The third-order valence-electron chi connectivity index (χ3n) is 3.42. The number of nitrogens with zero attached hydrogens (tertiary/aromatic N) is 4. The van der Waals surface area contributed by atoms with Gasteiger partial charge in [-0.15, -0.1) is 0 Å². The normalized spacial score (nSPS) is 22.6. The van der Waals surface area contributed by atoms with Crippen molar-refractivity contribution < 1.29 is 13.3 Å². The fraction of sp³-hybridized carbons (Fsp3) is 0.333. The van der Waals surface area contributed by atoms with E-state index in [2.05, 4.69) is 10.1 Å². The average molecular weight is 291 g/mol. The lowest BCUT2D eigenvalue weighted by Gasteiger charge is -2.13. The van der Waals surface area contributed by atoms with Gasteiger partial charge in [-0.3, -0.25) is 0 Å². The van der Waals surface area contributed by atoms with Crippen LogP contribution in [0.15, 0.2) is 37.1 Å². The Labute approximate surface area is 132 Å². The van der Waals surface area contributed by atoms with Gasteiger partial charge in [-0.05, 0) is 32.0 Å². The van der Waals surface area contributed by atoms with Crippen molar-refractivity contribution in [1.82, 2.24) is 19.7 Å². The zero-order chi connectivity index (χ0) is 19.8. The fourth-order valence-corrected chi connectivity index (χ4v) is 2.42. The van der Waals surface area contributed by atoms with Crippen LogP contribution in [0.1, 0.15) is 25.8 Å². The van der Waals surface area contributed by atoms with E-state index < -0.39 is 14.0 Å². The molecule has 0 saturated heterocycles. The summed E-state index contributed by atoms with van der Waals surface area (Å²) >= 11 is 0. The van der Waals surface area contributed by atoms with Crippen LogP contribution in [0.5, 0.6) is 0 Å². The molecule has 0 aliphatic carbocycles. The molecule has 1 aliphatic heterocycles. The first-order valence-corrected chi connectivity index (χ1v) is 6.54. The lowest BCUT2D eigenvalue weighted by atomic mass is 10.0. The minimum Gasteiger partial charge on any atom is -0.624 e. The first-order chi connectivity index (χ1) is 12.6. The minimum absolute atomic E-state index is 0.141. The fourth-order valence-electron chi connectivity index (χ4n) is 2.42. The maximum absolute atomic E-state index is 12.2. The van der Waals surface area contributed by atoms with Gasteiger partial charge < -0.3 is 15.2 Å². The second-order valence-electron chi connectivity index (χ2n) is 4.91. The van der Waals surface area contributed by atoms with E-state index >= 15 is 0 Å². The Morgan fingerprint density at radius 1 is 1.43 bits per heavy atom. The topological polar surface area (TPSA) is 61.5 Å². The summed E-state index contributed by atoms with van der Waals surface area (Å²) in [6, 6.07) is 5.40. The monoisotopic (exact) mass is 291 g/mol. The van der Waals surface area contributed by atoms with E-state index in [1.54, 1.807) is 17.1 Å². The summed E-state index contributed by atoms with van der Waals surface area (Å²) in [4.78, 5) is 4.39. The van der Waals surface area contributed by atoms with Gasteiger partial charge in [0.15, 0.2) is 0 Å². The molecular weight excluding hydrogens is 266 g/mol. The van der Waals surface area contributed by atoms with E-state index in [1.165, 1.54) is 12.5 Å². The molecule has 0 fully saturated rings. The number of hydrogen-bond acceptors (Lipinski definition) is 4. The van der Waals surface area contributed by atoms with Crippen molar-refractivity contribution in [3.8, 4) is 0 Å². The minimum atomic E-state index is -2.74. The summed E-state index contributed by atoms with van der Waals surface area (Å²) in [5.74, 6) is 0. The SMILES string of the molecule is [2H]C([2H])([2H])N(CCC1=C[NH+]([O-])c2ccc(Cn3cncn3)cc21)C([2H])([2H])[2H]. The standard InChI is InChI=1S/C15H19N5O/c1-18(2)6-5-13-9-20(21)15-4-3-12(7-14(13)15)8-19-11-16-10-17-19/h3-4,7,9-11,20H,5-6,8H2,1-2H3/i1D3,2D3. The van der Waals surface area contributed by atoms with Gasteiger partial charge in [-0.25, -0.2) is 9.67 Å². The quantitative estimate of drug-likeness (QED) is 0.822. The third-order valence-corrected chi connectivity index (χ3v) is 3.42. The van der Waals surface area contributed by atoms with Gasteiger partial charge in [-0.1, -0.05) is 6.07 Å². The zero-order valence-electron chi connectivity index (χ0n) is 17.3. The van der Waals surface area contributed by atoms with Crippen LogP contribution in [0.25, 0.3) is 5.57 Å². The molecule has 1 atom stereocenters. The molecule has 1 aliphatic rings. The van der Waals surface area contributed by atoms with Crippen LogP contribution >= 0.6 is 0 Å². The first kappa shape index (κ1) is 8.43. The number of rotatable bonds is 5. The highest BCUT2D eigenvalue weighted by atomic mass is 16.5. The number of hydrogen-bond donors (Lipinski definition) is 1. The first-order valence-electron chi connectivity index (χ1n) is 9.54. The smallest absolute Gasteiger partial charge is 0.143 e. The van der Waals surface area contributed by atoms with Crippen LogP contribution < -0.4 is 5.06 Å². The molecule has 1 N–H and O–H groups in total. The Morgan fingerprint density at radius 3 is 3.10 bits per heavy atom. The highest BCUT2D eigenvalue weighted by Crippen LogP contribution is 2.29. The summed E-state index contributed by atoms with van der Waals surface area (Å²) < 4.78 is 46.3. The molecule has 6 nitrogen and oxygen atoms in total.